The molecule has 200 valence electrons. The van der Waals surface area contributed by atoms with Gasteiger partial charge in [0.15, 0.2) is 0 Å². The lowest BCUT2D eigenvalue weighted by atomic mass is 10.0. The molecule has 9 nitrogen and oxygen atoms in total. The number of rotatable bonds is 5. The first kappa shape index (κ1) is 26.4. The third-order valence-corrected chi connectivity index (χ3v) is 7.77. The molecule has 1 saturated heterocycles. The number of benzene rings is 1. The molecule has 0 unspecified atom stereocenters. The molecule has 2 aromatic heterocycles. The van der Waals surface area contributed by atoms with E-state index in [-0.39, 0.29) is 11.1 Å². The summed E-state index contributed by atoms with van der Waals surface area (Å²) >= 11 is 0. The van der Waals surface area contributed by atoms with Gasteiger partial charge in [-0.05, 0) is 69.9 Å². The maximum Gasteiger partial charge on any atom is 0.265 e. The number of nitriles is 2. The summed E-state index contributed by atoms with van der Waals surface area (Å²) in [4.78, 5) is 35.0. The molecular weight excluding hydrogens is 490 g/mol. The molecule has 1 saturated carbocycles. The van der Waals surface area contributed by atoms with Gasteiger partial charge in [-0.25, -0.2) is 0 Å². The first-order chi connectivity index (χ1) is 18.7. The third-order valence-electron chi connectivity index (χ3n) is 7.77. The van der Waals surface area contributed by atoms with Gasteiger partial charge in [0, 0.05) is 49.7 Å². The summed E-state index contributed by atoms with van der Waals surface area (Å²) in [5.41, 5.74) is 4.32. The van der Waals surface area contributed by atoms with Gasteiger partial charge in [0.2, 0.25) is 0 Å². The molecule has 1 aliphatic carbocycles. The van der Waals surface area contributed by atoms with Crippen LogP contribution in [0, 0.1) is 29.6 Å². The second-order valence-electron chi connectivity index (χ2n) is 10.8. The Morgan fingerprint density at radius 1 is 1.13 bits per heavy atom. The standard InChI is InChI=1S/C30H33N7O2/c1-17-7-9-37(10-8-33-17)27-24-11-18(2)34-26(22-5-6-22)28(24)36(4)30(39)25(27)29(38)35-19(3)23-13-20(15-31)12-21(14-23)16-32/h11-14,17,19,22,33H,5-10H2,1-4H3,(H,35,38)/t17-,19-/m0/s1. The number of aryl methyl sites for hydroxylation is 2. The van der Waals surface area contributed by atoms with Gasteiger partial charge in [0.1, 0.15) is 5.56 Å². The van der Waals surface area contributed by atoms with E-state index in [4.69, 9.17) is 4.98 Å². The van der Waals surface area contributed by atoms with Crippen LogP contribution < -0.4 is 21.1 Å². The quantitative estimate of drug-likeness (QED) is 0.524. The molecule has 3 aromatic rings. The minimum Gasteiger partial charge on any atom is -0.369 e. The van der Waals surface area contributed by atoms with Gasteiger partial charge in [-0.1, -0.05) is 0 Å². The van der Waals surface area contributed by atoms with E-state index in [1.54, 1.807) is 30.7 Å². The summed E-state index contributed by atoms with van der Waals surface area (Å²) in [7, 11) is 1.72. The van der Waals surface area contributed by atoms with Crippen molar-refractivity contribution in [3.8, 4) is 12.1 Å². The van der Waals surface area contributed by atoms with Gasteiger partial charge in [-0.2, -0.15) is 10.5 Å². The summed E-state index contributed by atoms with van der Waals surface area (Å²) in [5.74, 6) is -0.147. The topological polar surface area (TPSA) is 127 Å². The first-order valence-corrected chi connectivity index (χ1v) is 13.5. The molecule has 0 spiro atoms. The van der Waals surface area contributed by atoms with Crippen molar-refractivity contribution >= 4 is 22.5 Å². The highest BCUT2D eigenvalue weighted by Crippen LogP contribution is 2.43. The zero-order valence-electron chi connectivity index (χ0n) is 22.8. The van der Waals surface area contributed by atoms with Gasteiger partial charge in [0.05, 0.1) is 46.2 Å². The van der Waals surface area contributed by atoms with Crippen LogP contribution in [0.25, 0.3) is 10.9 Å². The van der Waals surface area contributed by atoms with Crippen LogP contribution >= 0.6 is 0 Å². The van der Waals surface area contributed by atoms with Crippen LogP contribution in [0.15, 0.2) is 29.1 Å². The average molecular weight is 524 g/mol. The molecule has 1 amide bonds. The summed E-state index contributed by atoms with van der Waals surface area (Å²) in [6, 6.07) is 10.8. The Balaban J connectivity index is 1.66. The van der Waals surface area contributed by atoms with Gasteiger partial charge >= 0.3 is 0 Å². The molecular formula is C30H33N7O2. The highest BCUT2D eigenvalue weighted by atomic mass is 16.2. The van der Waals surface area contributed by atoms with Crippen LogP contribution in [-0.4, -0.2) is 41.1 Å². The van der Waals surface area contributed by atoms with Crippen LogP contribution in [0.4, 0.5) is 5.69 Å². The maximum atomic E-state index is 14.0. The normalized spacial score (nSPS) is 18.2. The smallest absolute Gasteiger partial charge is 0.265 e. The van der Waals surface area contributed by atoms with E-state index in [2.05, 4.69) is 34.6 Å². The van der Waals surface area contributed by atoms with E-state index >= 15 is 0 Å². The van der Waals surface area contributed by atoms with Crippen LogP contribution in [0.3, 0.4) is 0 Å². The molecule has 2 atom stereocenters. The van der Waals surface area contributed by atoms with Crippen molar-refractivity contribution in [2.45, 2.75) is 58.0 Å². The van der Waals surface area contributed by atoms with Crippen LogP contribution in [0.5, 0.6) is 0 Å². The summed E-state index contributed by atoms with van der Waals surface area (Å²) in [5, 5.41) is 26.2. The number of hydrogen-bond acceptors (Lipinski definition) is 7. The molecule has 1 aromatic carbocycles. The molecule has 3 heterocycles. The number of amides is 1. The fourth-order valence-electron chi connectivity index (χ4n) is 5.52. The Morgan fingerprint density at radius 2 is 1.82 bits per heavy atom. The van der Waals surface area contributed by atoms with Crippen LogP contribution in [0.2, 0.25) is 0 Å². The molecule has 0 bridgehead atoms. The lowest BCUT2D eigenvalue weighted by Gasteiger charge is -2.28. The number of carbonyl (C=O) groups excluding carboxylic acids is 1. The number of pyridine rings is 2. The van der Waals surface area contributed by atoms with Gasteiger partial charge in [-0.3, -0.25) is 14.6 Å². The molecule has 5 rings (SSSR count). The van der Waals surface area contributed by atoms with E-state index in [0.717, 1.165) is 48.1 Å². The van der Waals surface area contributed by atoms with Crippen molar-refractivity contribution in [1.29, 1.82) is 10.5 Å². The summed E-state index contributed by atoms with van der Waals surface area (Å²) < 4.78 is 1.58. The first-order valence-electron chi connectivity index (χ1n) is 13.5. The second kappa shape index (κ2) is 10.5. The van der Waals surface area contributed by atoms with Crippen LogP contribution in [-0.2, 0) is 7.05 Å². The average Bonchev–Trinajstić information content (AvgIpc) is 3.78. The highest BCUT2D eigenvalue weighted by Gasteiger charge is 2.33. The van der Waals surface area contributed by atoms with Crippen molar-refractivity contribution in [2.75, 3.05) is 24.5 Å². The van der Waals surface area contributed by atoms with Crippen molar-refractivity contribution in [2.24, 2.45) is 7.05 Å². The van der Waals surface area contributed by atoms with Crippen molar-refractivity contribution < 1.29 is 4.79 Å². The highest BCUT2D eigenvalue weighted by molar-refractivity contribution is 6.08. The number of anilines is 1. The minimum absolute atomic E-state index is 0.107. The SMILES string of the molecule is Cc1cc2c(N3CCN[C@@H](C)CC3)c(C(=O)N[C@@H](C)c3cc(C#N)cc(C#N)c3)c(=O)n(C)c2c(C2CC2)n1. The number of nitrogens with one attached hydrogen (secondary N) is 2. The Hall–Kier alpha value is -4.21. The number of nitrogens with zero attached hydrogens (tertiary/aromatic N) is 5. The van der Waals surface area contributed by atoms with Gasteiger partial charge in [0.25, 0.3) is 11.5 Å². The predicted octanol–water partition coefficient (Wildman–Crippen LogP) is 3.54. The van der Waals surface area contributed by atoms with Gasteiger partial charge in [-0.15, -0.1) is 0 Å². The summed E-state index contributed by atoms with van der Waals surface area (Å²) in [6.07, 6.45) is 2.98. The Morgan fingerprint density at radius 3 is 2.46 bits per heavy atom. The zero-order valence-corrected chi connectivity index (χ0v) is 22.8. The van der Waals surface area contributed by atoms with Gasteiger partial charge < -0.3 is 20.1 Å². The largest absolute Gasteiger partial charge is 0.369 e. The lowest BCUT2D eigenvalue weighted by molar-refractivity contribution is 0.0938. The van der Waals surface area contributed by atoms with E-state index in [0.29, 0.717) is 47.4 Å². The Labute approximate surface area is 228 Å². The monoisotopic (exact) mass is 523 g/mol. The lowest BCUT2D eigenvalue weighted by Crippen LogP contribution is -2.39. The molecule has 1 aliphatic heterocycles. The fourth-order valence-corrected chi connectivity index (χ4v) is 5.52. The van der Waals surface area contributed by atoms with Crippen molar-refractivity contribution in [3.63, 3.8) is 0 Å². The zero-order chi connectivity index (χ0) is 27.8. The molecule has 0 radical (unpaired) electrons. The molecule has 9 heteroatoms. The van der Waals surface area contributed by atoms with E-state index in [9.17, 15) is 20.1 Å². The molecule has 39 heavy (non-hydrogen) atoms. The predicted molar refractivity (Wildman–Crippen MR) is 150 cm³/mol. The van der Waals surface area contributed by atoms with E-state index < -0.39 is 11.9 Å². The number of carbonyl (C=O) groups is 1. The van der Waals surface area contributed by atoms with E-state index in [1.807, 2.05) is 13.0 Å². The second-order valence-corrected chi connectivity index (χ2v) is 10.8. The van der Waals surface area contributed by atoms with Crippen LogP contribution in [0.1, 0.15) is 83.5 Å². The summed E-state index contributed by atoms with van der Waals surface area (Å²) in [6.45, 7) is 8.01. The number of fused-ring (bicyclic) bond motifs is 1. The Bertz CT molecular complexity index is 1570. The molecule has 2 N–H and O–H groups in total. The minimum atomic E-state index is -0.529. The molecule has 2 fully saturated rings. The molecule has 2 aliphatic rings. The number of aromatic nitrogens is 2. The maximum absolute atomic E-state index is 14.0. The third kappa shape index (κ3) is 5.10. The van der Waals surface area contributed by atoms with Crippen molar-refractivity contribution in [3.05, 3.63) is 68.3 Å². The van der Waals surface area contributed by atoms with Crippen molar-refractivity contribution in [1.82, 2.24) is 20.2 Å². The fraction of sp³-hybridized carbons (Fsp3) is 0.433. The van der Waals surface area contributed by atoms with E-state index in [1.165, 1.54) is 6.07 Å². The number of hydrogen-bond donors (Lipinski definition) is 2. The Kier molecular flexibility index (Phi) is 7.12.